The summed E-state index contributed by atoms with van der Waals surface area (Å²) in [4.78, 5) is 15.1. The van der Waals surface area contributed by atoms with Crippen LogP contribution >= 0.6 is 37.2 Å². The van der Waals surface area contributed by atoms with Crippen LogP contribution in [0.3, 0.4) is 0 Å². The Kier molecular flexibility index (Phi) is 23.8. The molecule has 0 aromatic heterocycles. The quantitative estimate of drug-likeness (QED) is 0.0710. The first-order valence-corrected chi connectivity index (χ1v) is 27.1. The molecule has 3 fully saturated rings. The number of fused-ring (bicyclic) bond motifs is 3. The van der Waals surface area contributed by atoms with Crippen molar-refractivity contribution >= 4 is 71.3 Å². The summed E-state index contributed by atoms with van der Waals surface area (Å²) in [7, 11) is 0. The largest absolute Gasteiger partial charge is 0.454 e. The smallest absolute Gasteiger partial charge is 0.231 e. The molecule has 6 aromatic rings. The van der Waals surface area contributed by atoms with Gasteiger partial charge in [0.05, 0.1) is 0 Å². The minimum Gasteiger partial charge on any atom is -0.454 e. The summed E-state index contributed by atoms with van der Waals surface area (Å²) in [5.74, 6) is 5.01. The SMILES string of the molecule is Cl.Cl.Cl.c1ccc(N2CCN(CCCNc3ccc4c(c3)OCO4)CC2)cc1.c1ccc(N2CCN(CCCNc3ccc4c(c3)OCO4)CC2)cc1.c1ccc(N2CCN(CCCNc3ccc4c(c3)OCO4)CC2)cc1. The van der Waals surface area contributed by atoms with Gasteiger partial charge >= 0.3 is 0 Å². The highest BCUT2D eigenvalue weighted by Gasteiger charge is 2.20. The zero-order valence-electron chi connectivity index (χ0n) is 44.7. The van der Waals surface area contributed by atoms with Gasteiger partial charge in [0, 0.05) is 150 Å². The van der Waals surface area contributed by atoms with E-state index in [4.69, 9.17) is 28.4 Å². The van der Waals surface area contributed by atoms with E-state index in [0.717, 1.165) is 189 Å². The zero-order valence-corrected chi connectivity index (χ0v) is 47.1. The average Bonchev–Trinajstić information content (AvgIpc) is 4.29. The van der Waals surface area contributed by atoms with Crippen molar-refractivity contribution < 1.29 is 28.4 Å². The fourth-order valence-corrected chi connectivity index (χ4v) is 10.2. The summed E-state index contributed by atoms with van der Waals surface area (Å²) in [6, 6.07) is 50.2. The number of nitrogens with one attached hydrogen (secondary N) is 3. The number of ether oxygens (including phenoxy) is 6. The third-order valence-electron chi connectivity index (χ3n) is 14.5. The number of benzene rings is 6. The standard InChI is InChI=1S/3C20H25N3O2.3ClH/c3*1-2-5-18(6-3-1)23-13-11-22(12-14-23)10-4-9-21-17-7-8-19-20(15-17)25-16-24-19;;;/h3*1-3,5-8,15,21H,4,9-14,16H2;3*1H. The molecule has 0 spiro atoms. The summed E-state index contributed by atoms with van der Waals surface area (Å²) in [5, 5.41) is 10.4. The van der Waals surface area contributed by atoms with Crippen LogP contribution in [-0.2, 0) is 0 Å². The average molecular weight is 1130 g/mol. The van der Waals surface area contributed by atoms with Gasteiger partial charge in [-0.25, -0.2) is 0 Å². The van der Waals surface area contributed by atoms with Crippen LogP contribution in [0.4, 0.5) is 34.1 Å². The molecular weight excluding hydrogens is 1050 g/mol. The molecule has 0 amide bonds. The Morgan fingerprint density at radius 1 is 0.295 bits per heavy atom. The van der Waals surface area contributed by atoms with E-state index in [1.807, 2.05) is 54.6 Å². The van der Waals surface area contributed by atoms with Crippen LogP contribution in [0.1, 0.15) is 19.3 Å². The van der Waals surface area contributed by atoms with Crippen molar-refractivity contribution in [2.24, 2.45) is 0 Å². The van der Waals surface area contributed by atoms with Crippen molar-refractivity contribution in [3.8, 4) is 34.5 Å². The molecule has 0 unspecified atom stereocenters. The summed E-state index contributed by atoms with van der Waals surface area (Å²) < 4.78 is 32.3. The molecule has 6 aliphatic heterocycles. The molecule has 12 rings (SSSR count). The van der Waals surface area contributed by atoms with E-state index in [0.29, 0.717) is 20.4 Å². The van der Waals surface area contributed by atoms with Gasteiger partial charge in [-0.1, -0.05) is 54.6 Å². The molecule has 0 bridgehead atoms. The third-order valence-corrected chi connectivity index (χ3v) is 14.5. The van der Waals surface area contributed by atoms with Crippen molar-refractivity contribution in [1.29, 1.82) is 0 Å². The molecular formula is C60H78Cl3N9O6. The van der Waals surface area contributed by atoms with Crippen LogP contribution in [0.25, 0.3) is 0 Å². The predicted octanol–water partition coefficient (Wildman–Crippen LogP) is 10.4. The maximum atomic E-state index is 5.41. The molecule has 18 heteroatoms. The molecule has 3 N–H and O–H groups in total. The van der Waals surface area contributed by atoms with Crippen LogP contribution in [0.2, 0.25) is 0 Å². The molecule has 6 aliphatic rings. The van der Waals surface area contributed by atoms with Gasteiger partial charge in [-0.15, -0.1) is 37.2 Å². The third kappa shape index (κ3) is 17.3. The molecule has 420 valence electrons. The molecule has 15 nitrogen and oxygen atoms in total. The second-order valence-corrected chi connectivity index (χ2v) is 19.5. The lowest BCUT2D eigenvalue weighted by molar-refractivity contribution is 0.173. The number of hydrogen-bond acceptors (Lipinski definition) is 15. The zero-order chi connectivity index (χ0) is 50.7. The van der Waals surface area contributed by atoms with Crippen molar-refractivity contribution in [1.82, 2.24) is 14.7 Å². The van der Waals surface area contributed by atoms with Gasteiger partial charge in [0.15, 0.2) is 34.5 Å². The molecule has 0 atom stereocenters. The van der Waals surface area contributed by atoms with Gasteiger partial charge in [0.1, 0.15) is 0 Å². The van der Waals surface area contributed by atoms with Crippen LogP contribution in [0.5, 0.6) is 34.5 Å². The van der Waals surface area contributed by atoms with Crippen molar-refractivity contribution in [2.75, 3.05) is 169 Å². The minimum absolute atomic E-state index is 0. The lowest BCUT2D eigenvalue weighted by atomic mass is 10.2. The van der Waals surface area contributed by atoms with Crippen LogP contribution in [0, 0.1) is 0 Å². The number of anilines is 6. The molecule has 0 aliphatic carbocycles. The Morgan fingerprint density at radius 3 is 0.821 bits per heavy atom. The van der Waals surface area contributed by atoms with Gasteiger partial charge in [-0.2, -0.15) is 0 Å². The number of rotatable bonds is 18. The van der Waals surface area contributed by atoms with E-state index in [1.165, 1.54) is 17.1 Å². The number of para-hydroxylation sites is 3. The van der Waals surface area contributed by atoms with Crippen molar-refractivity contribution in [3.05, 3.63) is 146 Å². The first kappa shape index (κ1) is 59.3. The van der Waals surface area contributed by atoms with Gasteiger partial charge in [-0.05, 0) is 112 Å². The number of piperazine rings is 3. The fourth-order valence-electron chi connectivity index (χ4n) is 10.2. The van der Waals surface area contributed by atoms with Crippen LogP contribution in [0.15, 0.2) is 146 Å². The summed E-state index contributed by atoms with van der Waals surface area (Å²) >= 11 is 0. The van der Waals surface area contributed by atoms with Crippen LogP contribution < -0.4 is 59.1 Å². The highest BCUT2D eigenvalue weighted by atomic mass is 35.5. The Labute approximate surface area is 480 Å². The first-order valence-electron chi connectivity index (χ1n) is 27.1. The van der Waals surface area contributed by atoms with Gasteiger partial charge in [0.25, 0.3) is 0 Å². The summed E-state index contributed by atoms with van der Waals surface area (Å²) in [5.41, 5.74) is 7.30. The normalized spacial score (nSPS) is 16.2. The van der Waals surface area contributed by atoms with Crippen molar-refractivity contribution in [3.63, 3.8) is 0 Å². The molecule has 0 saturated carbocycles. The van der Waals surface area contributed by atoms with Gasteiger partial charge in [-0.3, -0.25) is 14.7 Å². The number of nitrogens with zero attached hydrogens (tertiary/aromatic N) is 6. The van der Waals surface area contributed by atoms with E-state index in [-0.39, 0.29) is 37.2 Å². The molecule has 3 saturated heterocycles. The monoisotopic (exact) mass is 1130 g/mol. The maximum Gasteiger partial charge on any atom is 0.231 e. The topological polar surface area (TPSA) is 111 Å². The van der Waals surface area contributed by atoms with E-state index in [2.05, 4.69) is 136 Å². The number of hydrogen-bond donors (Lipinski definition) is 3. The lowest BCUT2D eigenvalue weighted by Crippen LogP contribution is -2.46. The Bertz CT molecular complexity index is 2360. The minimum atomic E-state index is 0. The second kappa shape index (κ2) is 31.3. The molecule has 0 radical (unpaired) electrons. The van der Waals surface area contributed by atoms with E-state index in [9.17, 15) is 0 Å². The summed E-state index contributed by atoms with van der Waals surface area (Å²) in [6.07, 6.45) is 3.42. The molecule has 78 heavy (non-hydrogen) atoms. The van der Waals surface area contributed by atoms with Crippen molar-refractivity contribution in [2.45, 2.75) is 19.3 Å². The Morgan fingerprint density at radius 2 is 0.551 bits per heavy atom. The molecule has 6 aromatic carbocycles. The first-order chi connectivity index (χ1) is 37.1. The summed E-state index contributed by atoms with van der Waals surface area (Å²) in [6.45, 7) is 20.8. The van der Waals surface area contributed by atoms with E-state index in [1.54, 1.807) is 0 Å². The fraction of sp³-hybridized carbons (Fsp3) is 0.400. The van der Waals surface area contributed by atoms with E-state index < -0.39 is 0 Å². The van der Waals surface area contributed by atoms with Gasteiger partial charge < -0.3 is 59.1 Å². The maximum absolute atomic E-state index is 5.41. The highest BCUT2D eigenvalue weighted by Crippen LogP contribution is 2.36. The van der Waals surface area contributed by atoms with Gasteiger partial charge in [0.2, 0.25) is 20.4 Å². The number of halogens is 3. The lowest BCUT2D eigenvalue weighted by Gasteiger charge is -2.36. The Hall–Kier alpha value is -6.33. The highest BCUT2D eigenvalue weighted by molar-refractivity contribution is 5.86. The predicted molar refractivity (Wildman–Crippen MR) is 324 cm³/mol. The second-order valence-electron chi connectivity index (χ2n) is 19.5. The van der Waals surface area contributed by atoms with E-state index >= 15 is 0 Å². The molecule has 6 heterocycles. The van der Waals surface area contributed by atoms with Crippen LogP contribution in [-0.4, -0.2) is 153 Å². The Balaban J connectivity index is 0.000000166.